The molecule has 10 nitrogen and oxygen atoms in total. The normalized spacial score (nSPS) is 16.4. The molecular formula is C15H16N2O8S. The van der Waals surface area contributed by atoms with Crippen molar-refractivity contribution in [2.45, 2.75) is 31.5 Å². The van der Waals surface area contributed by atoms with Gasteiger partial charge < -0.3 is 20.1 Å². The van der Waals surface area contributed by atoms with Crippen molar-refractivity contribution >= 4 is 39.3 Å². The lowest BCUT2D eigenvalue weighted by Crippen LogP contribution is -2.42. The lowest BCUT2D eigenvalue weighted by Gasteiger charge is -2.29. The highest BCUT2D eigenvalue weighted by atomic mass is 32.2. The molecule has 0 aromatic heterocycles. The largest absolute Gasteiger partial charge is 0.419 e. The number of cyclic esters (lactones) is 2. The van der Waals surface area contributed by atoms with Gasteiger partial charge in [0.15, 0.2) is 5.57 Å². The van der Waals surface area contributed by atoms with Crippen LogP contribution in [0.4, 0.5) is 11.4 Å². The molecule has 1 aliphatic rings. The van der Waals surface area contributed by atoms with Crippen LogP contribution in [0.15, 0.2) is 34.9 Å². The van der Waals surface area contributed by atoms with Crippen LogP contribution in [0.5, 0.6) is 0 Å². The van der Waals surface area contributed by atoms with Gasteiger partial charge in [-0.05, 0) is 18.2 Å². The van der Waals surface area contributed by atoms with E-state index in [0.29, 0.717) is 0 Å². The molecule has 0 unspecified atom stereocenters. The van der Waals surface area contributed by atoms with Crippen molar-refractivity contribution in [3.63, 3.8) is 0 Å². The van der Waals surface area contributed by atoms with Crippen LogP contribution in [-0.4, -0.2) is 36.6 Å². The molecule has 26 heavy (non-hydrogen) atoms. The molecule has 1 aromatic rings. The van der Waals surface area contributed by atoms with E-state index in [1.807, 2.05) is 0 Å². The molecule has 11 heteroatoms. The Morgan fingerprint density at radius 1 is 1.19 bits per heavy atom. The van der Waals surface area contributed by atoms with E-state index < -0.39 is 44.2 Å². The summed E-state index contributed by atoms with van der Waals surface area (Å²) in [5, 5.41) is 4.87. The Kier molecular flexibility index (Phi) is 5.05. The van der Waals surface area contributed by atoms with Crippen molar-refractivity contribution in [1.29, 1.82) is 0 Å². The van der Waals surface area contributed by atoms with Gasteiger partial charge in [-0.25, -0.2) is 9.59 Å². The molecule has 1 aliphatic heterocycles. The van der Waals surface area contributed by atoms with Gasteiger partial charge >= 0.3 is 11.9 Å². The predicted octanol–water partition coefficient (Wildman–Crippen LogP) is 1.02. The number of amides is 1. The van der Waals surface area contributed by atoms with Crippen molar-refractivity contribution in [2.75, 3.05) is 10.6 Å². The highest BCUT2D eigenvalue weighted by molar-refractivity contribution is 7.86. The molecule has 1 heterocycles. The molecule has 2 rings (SSSR count). The molecule has 140 valence electrons. The summed E-state index contributed by atoms with van der Waals surface area (Å²) in [5.41, 5.74) is -0.465. The Balaban J connectivity index is 2.39. The van der Waals surface area contributed by atoms with Gasteiger partial charge in [-0.3, -0.25) is 9.35 Å². The van der Waals surface area contributed by atoms with Gasteiger partial charge in [-0.2, -0.15) is 8.42 Å². The summed E-state index contributed by atoms with van der Waals surface area (Å²) in [6.07, 6.45) is 0.890. The smallest absolute Gasteiger partial charge is 0.350 e. The van der Waals surface area contributed by atoms with Crippen LogP contribution >= 0.6 is 0 Å². The van der Waals surface area contributed by atoms with Crippen molar-refractivity contribution < 1.29 is 36.8 Å². The van der Waals surface area contributed by atoms with E-state index in [1.165, 1.54) is 32.9 Å². The van der Waals surface area contributed by atoms with E-state index in [4.69, 9.17) is 9.47 Å². The third kappa shape index (κ3) is 4.58. The van der Waals surface area contributed by atoms with Crippen LogP contribution in [0, 0.1) is 0 Å². The van der Waals surface area contributed by atoms with E-state index in [1.54, 1.807) is 0 Å². The number of carbonyl (C=O) groups is 3. The lowest BCUT2D eigenvalue weighted by molar-refractivity contribution is -0.222. The predicted molar refractivity (Wildman–Crippen MR) is 88.5 cm³/mol. The fourth-order valence-corrected chi connectivity index (χ4v) is 2.71. The lowest BCUT2D eigenvalue weighted by atomic mass is 10.2. The molecule has 0 bridgehead atoms. The number of esters is 2. The number of rotatable bonds is 4. The van der Waals surface area contributed by atoms with E-state index in [2.05, 4.69) is 10.6 Å². The van der Waals surface area contributed by atoms with Crippen LogP contribution in [0.2, 0.25) is 0 Å². The number of ether oxygens (including phenoxy) is 2. The Hall–Kier alpha value is -2.92. The molecule has 0 atom stereocenters. The first-order valence-electron chi connectivity index (χ1n) is 7.21. The minimum Gasteiger partial charge on any atom is -0.419 e. The first kappa shape index (κ1) is 19.4. The van der Waals surface area contributed by atoms with Crippen LogP contribution in [0.1, 0.15) is 20.8 Å². The summed E-state index contributed by atoms with van der Waals surface area (Å²) in [6.45, 7) is 4.00. The molecule has 1 amide bonds. The van der Waals surface area contributed by atoms with Crippen LogP contribution in [0.25, 0.3) is 0 Å². The zero-order valence-electron chi connectivity index (χ0n) is 14.0. The number of anilines is 2. The van der Waals surface area contributed by atoms with Gasteiger partial charge in [-0.1, -0.05) is 0 Å². The monoisotopic (exact) mass is 384 g/mol. The van der Waals surface area contributed by atoms with Crippen LogP contribution in [-0.2, 0) is 34.0 Å². The van der Waals surface area contributed by atoms with E-state index >= 15 is 0 Å². The first-order valence-corrected chi connectivity index (χ1v) is 8.65. The maximum absolute atomic E-state index is 11.9. The molecule has 0 spiro atoms. The van der Waals surface area contributed by atoms with Crippen LogP contribution in [0.3, 0.4) is 0 Å². The van der Waals surface area contributed by atoms with Gasteiger partial charge in [0, 0.05) is 32.7 Å². The maximum atomic E-state index is 11.9. The second-order valence-electron chi connectivity index (χ2n) is 5.75. The molecule has 0 radical (unpaired) electrons. The summed E-state index contributed by atoms with van der Waals surface area (Å²) in [4.78, 5) is 34.4. The van der Waals surface area contributed by atoms with E-state index in [0.717, 1.165) is 12.3 Å². The van der Waals surface area contributed by atoms with Crippen molar-refractivity contribution in [3.8, 4) is 0 Å². The Bertz CT molecular complexity index is 896. The topological polar surface area (TPSA) is 148 Å². The number of nitrogens with one attached hydrogen (secondary N) is 2. The van der Waals surface area contributed by atoms with Crippen molar-refractivity contribution in [1.82, 2.24) is 0 Å². The highest BCUT2D eigenvalue weighted by Crippen LogP contribution is 2.27. The summed E-state index contributed by atoms with van der Waals surface area (Å²) in [5.74, 6) is -3.76. The second-order valence-corrected chi connectivity index (χ2v) is 7.14. The summed E-state index contributed by atoms with van der Waals surface area (Å²) >= 11 is 0. The molecule has 0 aliphatic carbocycles. The zero-order valence-corrected chi connectivity index (χ0v) is 14.8. The number of benzene rings is 1. The average molecular weight is 384 g/mol. The number of hydrogen-bond acceptors (Lipinski definition) is 8. The Labute approximate surface area is 148 Å². The van der Waals surface area contributed by atoms with Gasteiger partial charge in [-0.15, -0.1) is 0 Å². The fourth-order valence-electron chi connectivity index (χ4n) is 2.08. The minimum absolute atomic E-state index is 0.184. The van der Waals surface area contributed by atoms with Gasteiger partial charge in [0.2, 0.25) is 5.91 Å². The zero-order chi connectivity index (χ0) is 19.7. The average Bonchev–Trinajstić information content (AvgIpc) is 2.43. The molecule has 1 aromatic carbocycles. The van der Waals surface area contributed by atoms with Crippen molar-refractivity contribution in [2.24, 2.45) is 0 Å². The number of carbonyl (C=O) groups excluding carboxylic acids is 3. The Morgan fingerprint density at radius 3 is 2.27 bits per heavy atom. The summed E-state index contributed by atoms with van der Waals surface area (Å²) in [6, 6.07) is 3.50. The maximum Gasteiger partial charge on any atom is 0.350 e. The first-order chi connectivity index (χ1) is 11.9. The SMILES string of the molecule is CC(=O)Nc1ccc(S(=O)(=O)O)c(NC=C2C(=O)OC(C)(C)OC2=O)c1. The van der Waals surface area contributed by atoms with Crippen LogP contribution < -0.4 is 10.6 Å². The fraction of sp³-hybridized carbons (Fsp3) is 0.267. The van der Waals surface area contributed by atoms with E-state index in [9.17, 15) is 27.4 Å². The second kappa shape index (κ2) is 6.77. The van der Waals surface area contributed by atoms with Gasteiger partial charge in [0.1, 0.15) is 4.90 Å². The highest BCUT2D eigenvalue weighted by Gasteiger charge is 2.39. The summed E-state index contributed by atoms with van der Waals surface area (Å²) < 4.78 is 42.1. The van der Waals surface area contributed by atoms with Crippen molar-refractivity contribution in [3.05, 3.63) is 30.0 Å². The van der Waals surface area contributed by atoms with E-state index in [-0.39, 0.29) is 11.4 Å². The molecular weight excluding hydrogens is 368 g/mol. The third-order valence-electron chi connectivity index (χ3n) is 3.07. The molecule has 3 N–H and O–H groups in total. The molecule has 1 saturated heterocycles. The Morgan fingerprint density at radius 2 is 1.77 bits per heavy atom. The minimum atomic E-state index is -4.61. The third-order valence-corrected chi connectivity index (χ3v) is 3.98. The quantitative estimate of drug-likeness (QED) is 0.299. The summed E-state index contributed by atoms with van der Waals surface area (Å²) in [7, 11) is -4.61. The standard InChI is InChI=1S/C15H16N2O8S/c1-8(18)17-9-4-5-12(26(21,22)23)11(6-9)16-7-10-13(19)24-15(2,3)25-14(10)20/h4-7,16H,1-3H3,(H,17,18)(H,21,22,23). The molecule has 1 fully saturated rings. The van der Waals surface area contributed by atoms with Gasteiger partial charge in [0.25, 0.3) is 15.9 Å². The van der Waals surface area contributed by atoms with Gasteiger partial charge in [0.05, 0.1) is 5.69 Å². The molecule has 0 saturated carbocycles. The number of hydrogen-bond donors (Lipinski definition) is 3.